The van der Waals surface area contributed by atoms with Crippen molar-refractivity contribution in [1.29, 1.82) is 5.26 Å². The van der Waals surface area contributed by atoms with E-state index in [4.69, 9.17) is 17.3 Å². The fourth-order valence-corrected chi connectivity index (χ4v) is 2.90. The lowest BCUT2D eigenvalue weighted by atomic mass is 10.1. The van der Waals surface area contributed by atoms with E-state index >= 15 is 0 Å². The zero-order valence-corrected chi connectivity index (χ0v) is 12.9. The summed E-state index contributed by atoms with van der Waals surface area (Å²) in [5.41, 5.74) is 9.17. The monoisotopic (exact) mass is 312 g/mol. The van der Waals surface area contributed by atoms with Gasteiger partial charge < -0.3 is 15.5 Å². The van der Waals surface area contributed by atoms with Crippen molar-refractivity contribution in [1.82, 2.24) is 0 Å². The van der Waals surface area contributed by atoms with E-state index in [1.807, 2.05) is 36.4 Å². The molecule has 2 aromatic carbocycles. The van der Waals surface area contributed by atoms with Crippen molar-refractivity contribution in [3.8, 4) is 6.07 Å². The average molecular weight is 313 g/mol. The lowest BCUT2D eigenvalue weighted by Gasteiger charge is -2.37. The summed E-state index contributed by atoms with van der Waals surface area (Å²) in [6.07, 6.45) is 0. The Hall–Kier alpha value is -2.38. The van der Waals surface area contributed by atoms with Gasteiger partial charge in [0.05, 0.1) is 11.3 Å². The van der Waals surface area contributed by atoms with Gasteiger partial charge in [0.15, 0.2) is 0 Å². The van der Waals surface area contributed by atoms with Crippen LogP contribution in [0, 0.1) is 11.3 Å². The quantitative estimate of drug-likeness (QED) is 0.866. The normalized spacial score (nSPS) is 14.7. The third-order valence-electron chi connectivity index (χ3n) is 3.95. The van der Waals surface area contributed by atoms with Crippen molar-refractivity contribution < 1.29 is 0 Å². The molecule has 3 rings (SSSR count). The molecular formula is C17H17ClN4. The minimum absolute atomic E-state index is 0.625. The van der Waals surface area contributed by atoms with Crippen molar-refractivity contribution in [2.75, 3.05) is 41.7 Å². The fourth-order valence-electron chi connectivity index (χ4n) is 2.78. The number of hydrogen-bond donors (Lipinski definition) is 1. The zero-order chi connectivity index (χ0) is 15.5. The number of nitrogens with zero attached hydrogens (tertiary/aromatic N) is 3. The number of nitriles is 1. The Morgan fingerprint density at radius 1 is 0.955 bits per heavy atom. The van der Waals surface area contributed by atoms with E-state index in [2.05, 4.69) is 15.9 Å². The lowest BCUT2D eigenvalue weighted by Crippen LogP contribution is -2.46. The van der Waals surface area contributed by atoms with Crippen molar-refractivity contribution in [3.05, 3.63) is 53.1 Å². The smallest absolute Gasteiger partial charge is 0.101 e. The molecule has 2 N–H and O–H groups in total. The first-order chi connectivity index (χ1) is 10.7. The van der Waals surface area contributed by atoms with Crippen LogP contribution in [0.25, 0.3) is 0 Å². The number of piperazine rings is 1. The van der Waals surface area contributed by atoms with Crippen molar-refractivity contribution >= 4 is 28.7 Å². The van der Waals surface area contributed by atoms with E-state index in [0.29, 0.717) is 11.3 Å². The number of rotatable bonds is 2. The van der Waals surface area contributed by atoms with Crippen molar-refractivity contribution in [2.45, 2.75) is 0 Å². The molecule has 0 amide bonds. The van der Waals surface area contributed by atoms with Gasteiger partial charge in [-0.3, -0.25) is 0 Å². The van der Waals surface area contributed by atoms with Crippen LogP contribution in [0.4, 0.5) is 17.1 Å². The standard InChI is InChI=1S/C17H17ClN4/c18-14-1-4-16(5-2-14)21-7-9-22(10-8-21)17-6-3-15(20)11-13(17)12-19/h1-6,11H,7-10,20H2. The van der Waals surface area contributed by atoms with Gasteiger partial charge in [-0.25, -0.2) is 0 Å². The van der Waals surface area contributed by atoms with Crippen LogP contribution < -0.4 is 15.5 Å². The van der Waals surface area contributed by atoms with Gasteiger partial charge in [0.1, 0.15) is 6.07 Å². The van der Waals surface area contributed by atoms with Gasteiger partial charge in [0.25, 0.3) is 0 Å². The van der Waals surface area contributed by atoms with Crippen LogP contribution in [-0.2, 0) is 0 Å². The first kappa shape index (κ1) is 14.6. The Labute approximate surface area is 135 Å². The molecule has 1 aliphatic heterocycles. The molecule has 5 heteroatoms. The zero-order valence-electron chi connectivity index (χ0n) is 12.2. The molecule has 0 saturated carbocycles. The van der Waals surface area contributed by atoms with E-state index in [1.54, 1.807) is 6.07 Å². The van der Waals surface area contributed by atoms with Gasteiger partial charge >= 0.3 is 0 Å². The first-order valence-electron chi connectivity index (χ1n) is 7.22. The van der Waals surface area contributed by atoms with Gasteiger partial charge in [0.2, 0.25) is 0 Å². The van der Waals surface area contributed by atoms with E-state index < -0.39 is 0 Å². The number of hydrogen-bond acceptors (Lipinski definition) is 4. The highest BCUT2D eigenvalue weighted by Gasteiger charge is 2.19. The third-order valence-corrected chi connectivity index (χ3v) is 4.21. The largest absolute Gasteiger partial charge is 0.399 e. The summed E-state index contributed by atoms with van der Waals surface area (Å²) in [5.74, 6) is 0. The number of halogens is 1. The second-order valence-corrected chi connectivity index (χ2v) is 5.78. The molecule has 1 fully saturated rings. The van der Waals surface area contributed by atoms with E-state index in [0.717, 1.165) is 36.9 Å². The molecule has 4 nitrogen and oxygen atoms in total. The topological polar surface area (TPSA) is 56.3 Å². The minimum Gasteiger partial charge on any atom is -0.399 e. The summed E-state index contributed by atoms with van der Waals surface area (Å²) in [4.78, 5) is 4.57. The number of nitrogen functional groups attached to an aromatic ring is 1. The molecule has 0 atom stereocenters. The Morgan fingerprint density at radius 2 is 1.59 bits per heavy atom. The Bertz CT molecular complexity index is 698. The summed E-state index contributed by atoms with van der Waals surface area (Å²) in [7, 11) is 0. The summed E-state index contributed by atoms with van der Waals surface area (Å²) < 4.78 is 0. The molecule has 2 aromatic rings. The number of benzene rings is 2. The summed E-state index contributed by atoms with van der Waals surface area (Å²) in [6.45, 7) is 3.58. The van der Waals surface area contributed by atoms with Gasteiger partial charge in [-0.05, 0) is 42.5 Å². The molecule has 1 aliphatic rings. The molecule has 0 unspecified atom stereocenters. The molecule has 0 aliphatic carbocycles. The van der Waals surface area contributed by atoms with Gasteiger partial charge in [-0.1, -0.05) is 11.6 Å². The highest BCUT2D eigenvalue weighted by atomic mass is 35.5. The third kappa shape index (κ3) is 2.95. The van der Waals surface area contributed by atoms with E-state index in [9.17, 15) is 5.26 Å². The molecular weight excluding hydrogens is 296 g/mol. The highest BCUT2D eigenvalue weighted by Crippen LogP contribution is 2.25. The Balaban J connectivity index is 1.72. The molecule has 0 bridgehead atoms. The number of nitrogens with two attached hydrogens (primary N) is 1. The molecule has 0 spiro atoms. The molecule has 1 heterocycles. The van der Waals surface area contributed by atoms with Crippen LogP contribution in [0.1, 0.15) is 5.56 Å². The van der Waals surface area contributed by atoms with Crippen LogP contribution >= 0.6 is 11.6 Å². The maximum atomic E-state index is 9.27. The predicted octanol–water partition coefficient (Wildman–Crippen LogP) is 3.12. The van der Waals surface area contributed by atoms with Crippen LogP contribution in [0.5, 0.6) is 0 Å². The fraction of sp³-hybridized carbons (Fsp3) is 0.235. The second kappa shape index (κ2) is 6.17. The first-order valence-corrected chi connectivity index (χ1v) is 7.60. The lowest BCUT2D eigenvalue weighted by molar-refractivity contribution is 0.653. The summed E-state index contributed by atoms with van der Waals surface area (Å²) in [6, 6.07) is 15.7. The van der Waals surface area contributed by atoms with Crippen LogP contribution in [0.3, 0.4) is 0 Å². The van der Waals surface area contributed by atoms with Crippen molar-refractivity contribution in [3.63, 3.8) is 0 Å². The molecule has 1 saturated heterocycles. The number of anilines is 3. The molecule has 22 heavy (non-hydrogen) atoms. The minimum atomic E-state index is 0.625. The van der Waals surface area contributed by atoms with Gasteiger partial charge in [-0.2, -0.15) is 5.26 Å². The molecule has 0 aromatic heterocycles. The van der Waals surface area contributed by atoms with Crippen molar-refractivity contribution in [2.24, 2.45) is 0 Å². The SMILES string of the molecule is N#Cc1cc(N)ccc1N1CCN(c2ccc(Cl)cc2)CC1. The van der Waals surface area contributed by atoms with Crippen LogP contribution in [-0.4, -0.2) is 26.2 Å². The Morgan fingerprint density at radius 3 is 2.23 bits per heavy atom. The average Bonchev–Trinajstić information content (AvgIpc) is 2.56. The van der Waals surface area contributed by atoms with E-state index in [1.165, 1.54) is 5.69 Å². The van der Waals surface area contributed by atoms with E-state index in [-0.39, 0.29) is 0 Å². The highest BCUT2D eigenvalue weighted by molar-refractivity contribution is 6.30. The summed E-state index contributed by atoms with van der Waals surface area (Å²) in [5, 5.41) is 10.0. The molecule has 0 radical (unpaired) electrons. The molecule has 112 valence electrons. The maximum absolute atomic E-state index is 9.27. The maximum Gasteiger partial charge on any atom is 0.101 e. The van der Waals surface area contributed by atoms with Gasteiger partial charge in [0, 0.05) is 42.6 Å². The summed E-state index contributed by atoms with van der Waals surface area (Å²) >= 11 is 5.93. The van der Waals surface area contributed by atoms with Crippen LogP contribution in [0.15, 0.2) is 42.5 Å². The van der Waals surface area contributed by atoms with Crippen LogP contribution in [0.2, 0.25) is 5.02 Å². The predicted molar refractivity (Wildman–Crippen MR) is 91.4 cm³/mol. The second-order valence-electron chi connectivity index (χ2n) is 5.34. The van der Waals surface area contributed by atoms with Gasteiger partial charge in [-0.15, -0.1) is 0 Å². The Kier molecular flexibility index (Phi) is 4.08.